The van der Waals surface area contributed by atoms with E-state index in [9.17, 15) is 0 Å². The summed E-state index contributed by atoms with van der Waals surface area (Å²) < 4.78 is 0. The van der Waals surface area contributed by atoms with Crippen molar-refractivity contribution in [3.63, 3.8) is 0 Å². The molecule has 6 nitrogen and oxygen atoms in total. The number of nitrogens with one attached hydrogen (secondary N) is 1. The van der Waals surface area contributed by atoms with Crippen LogP contribution in [0.5, 0.6) is 0 Å². The van der Waals surface area contributed by atoms with Crippen LogP contribution in [0.15, 0.2) is 24.7 Å². The predicted molar refractivity (Wildman–Crippen MR) is 82.5 cm³/mol. The molecule has 2 aromatic heterocycles. The summed E-state index contributed by atoms with van der Waals surface area (Å²) in [4.78, 5) is 20.1. The Hall–Kier alpha value is -2.24. The van der Waals surface area contributed by atoms with Crippen molar-refractivity contribution in [2.45, 2.75) is 25.7 Å². The third-order valence-corrected chi connectivity index (χ3v) is 3.79. The third kappa shape index (κ3) is 3.09. The van der Waals surface area contributed by atoms with Crippen LogP contribution >= 0.6 is 0 Å². The number of rotatable bonds is 3. The van der Waals surface area contributed by atoms with Crippen molar-refractivity contribution >= 4 is 11.6 Å². The smallest absolute Gasteiger partial charge is 0.147 e. The fourth-order valence-corrected chi connectivity index (χ4v) is 2.75. The van der Waals surface area contributed by atoms with Gasteiger partial charge in [0.15, 0.2) is 0 Å². The molecule has 1 N–H and O–H groups in total. The molecular weight excluding hydrogens is 264 g/mol. The first-order valence-electron chi connectivity index (χ1n) is 7.30. The van der Waals surface area contributed by atoms with Gasteiger partial charge in [-0.25, -0.2) is 15.0 Å². The average Bonchev–Trinajstić information content (AvgIpc) is 2.55. The second kappa shape index (κ2) is 6.03. The van der Waals surface area contributed by atoms with Gasteiger partial charge < -0.3 is 10.2 Å². The van der Waals surface area contributed by atoms with Gasteiger partial charge in [0.1, 0.15) is 17.5 Å². The molecule has 0 unspecified atom stereocenters. The SMILES string of the molecule is CNc1cc(C)nc([C@@H]2CCCN(c3cnccn3)C2)n1. The van der Waals surface area contributed by atoms with Gasteiger partial charge in [-0.1, -0.05) is 0 Å². The quantitative estimate of drug-likeness (QED) is 0.930. The van der Waals surface area contributed by atoms with Gasteiger partial charge in [0.25, 0.3) is 0 Å². The van der Waals surface area contributed by atoms with Crippen LogP contribution in [0.3, 0.4) is 0 Å². The maximum Gasteiger partial charge on any atom is 0.147 e. The molecule has 21 heavy (non-hydrogen) atoms. The Bertz CT molecular complexity index is 600. The molecule has 0 amide bonds. The second-order valence-electron chi connectivity index (χ2n) is 5.35. The van der Waals surface area contributed by atoms with E-state index in [0.717, 1.165) is 49.1 Å². The molecule has 1 aliphatic rings. The molecule has 0 bridgehead atoms. The summed E-state index contributed by atoms with van der Waals surface area (Å²) in [5.74, 6) is 3.08. The number of hydrogen-bond acceptors (Lipinski definition) is 6. The maximum absolute atomic E-state index is 4.62. The van der Waals surface area contributed by atoms with Gasteiger partial charge >= 0.3 is 0 Å². The zero-order chi connectivity index (χ0) is 14.7. The highest BCUT2D eigenvalue weighted by Gasteiger charge is 2.24. The number of aryl methyl sites for hydroxylation is 1. The van der Waals surface area contributed by atoms with E-state index in [4.69, 9.17) is 0 Å². The summed E-state index contributed by atoms with van der Waals surface area (Å²) in [7, 11) is 1.89. The van der Waals surface area contributed by atoms with E-state index in [0.29, 0.717) is 5.92 Å². The van der Waals surface area contributed by atoms with E-state index in [2.05, 4.69) is 30.2 Å². The molecule has 0 radical (unpaired) electrons. The lowest BCUT2D eigenvalue weighted by Gasteiger charge is -2.32. The normalized spacial score (nSPS) is 18.6. The van der Waals surface area contributed by atoms with E-state index >= 15 is 0 Å². The van der Waals surface area contributed by atoms with Crippen molar-refractivity contribution in [1.82, 2.24) is 19.9 Å². The number of piperidine rings is 1. The van der Waals surface area contributed by atoms with Gasteiger partial charge in [-0.2, -0.15) is 0 Å². The second-order valence-corrected chi connectivity index (χ2v) is 5.35. The van der Waals surface area contributed by atoms with Gasteiger partial charge in [0, 0.05) is 50.2 Å². The molecule has 6 heteroatoms. The van der Waals surface area contributed by atoms with Gasteiger partial charge in [0.05, 0.1) is 6.20 Å². The summed E-state index contributed by atoms with van der Waals surface area (Å²) in [6, 6.07) is 1.97. The molecule has 110 valence electrons. The van der Waals surface area contributed by atoms with Crippen LogP contribution in [-0.2, 0) is 0 Å². The van der Waals surface area contributed by atoms with Crippen LogP contribution in [0.2, 0.25) is 0 Å². The van der Waals surface area contributed by atoms with E-state index in [1.807, 2.05) is 26.2 Å². The molecule has 3 heterocycles. The van der Waals surface area contributed by atoms with Gasteiger partial charge in [-0.05, 0) is 19.8 Å². The first-order chi connectivity index (χ1) is 10.3. The van der Waals surface area contributed by atoms with Crippen molar-refractivity contribution in [2.75, 3.05) is 30.4 Å². The first-order valence-corrected chi connectivity index (χ1v) is 7.30. The van der Waals surface area contributed by atoms with Crippen molar-refractivity contribution in [3.8, 4) is 0 Å². The van der Waals surface area contributed by atoms with E-state index in [-0.39, 0.29) is 0 Å². The summed E-state index contributed by atoms with van der Waals surface area (Å²) in [6.45, 7) is 3.92. The summed E-state index contributed by atoms with van der Waals surface area (Å²) in [6.07, 6.45) is 7.49. The van der Waals surface area contributed by atoms with Crippen molar-refractivity contribution in [1.29, 1.82) is 0 Å². The number of nitrogens with zero attached hydrogens (tertiary/aromatic N) is 5. The maximum atomic E-state index is 4.62. The number of hydrogen-bond donors (Lipinski definition) is 1. The zero-order valence-electron chi connectivity index (χ0n) is 12.5. The van der Waals surface area contributed by atoms with Gasteiger partial charge in [-0.3, -0.25) is 4.98 Å². The molecular formula is C15H20N6. The number of anilines is 2. The molecule has 0 aromatic carbocycles. The summed E-state index contributed by atoms with van der Waals surface area (Å²) in [5.41, 5.74) is 1.00. The van der Waals surface area contributed by atoms with Crippen molar-refractivity contribution in [3.05, 3.63) is 36.2 Å². The Kier molecular flexibility index (Phi) is 3.94. The lowest BCUT2D eigenvalue weighted by atomic mass is 9.97. The topological polar surface area (TPSA) is 66.8 Å². The van der Waals surface area contributed by atoms with E-state index in [1.165, 1.54) is 0 Å². The number of aromatic nitrogens is 4. The van der Waals surface area contributed by atoms with Crippen LogP contribution in [0.25, 0.3) is 0 Å². The fraction of sp³-hybridized carbons (Fsp3) is 0.467. The zero-order valence-corrected chi connectivity index (χ0v) is 12.5. The predicted octanol–water partition coefficient (Wildman–Crippen LogP) is 2.00. The molecule has 1 saturated heterocycles. The van der Waals surface area contributed by atoms with E-state index < -0.39 is 0 Å². The van der Waals surface area contributed by atoms with E-state index in [1.54, 1.807) is 12.4 Å². The Labute approximate surface area is 124 Å². The molecule has 0 aliphatic carbocycles. The fourth-order valence-electron chi connectivity index (χ4n) is 2.75. The first kappa shape index (κ1) is 13.7. The molecule has 1 aliphatic heterocycles. The van der Waals surface area contributed by atoms with Crippen LogP contribution in [0.4, 0.5) is 11.6 Å². The minimum Gasteiger partial charge on any atom is -0.373 e. The average molecular weight is 284 g/mol. The van der Waals surface area contributed by atoms with Gasteiger partial charge in [-0.15, -0.1) is 0 Å². The van der Waals surface area contributed by atoms with Crippen LogP contribution in [0.1, 0.15) is 30.3 Å². The summed E-state index contributed by atoms with van der Waals surface area (Å²) in [5, 5.41) is 3.10. The standard InChI is InChI=1S/C15H20N6/c1-11-8-13(16-2)20-15(19-11)12-4-3-7-21(10-12)14-9-17-5-6-18-14/h5-6,8-9,12H,3-4,7,10H2,1-2H3,(H,16,19,20)/t12-/m1/s1. The molecule has 3 rings (SSSR count). The lowest BCUT2D eigenvalue weighted by Crippen LogP contribution is -2.35. The van der Waals surface area contributed by atoms with Crippen molar-refractivity contribution in [2.24, 2.45) is 0 Å². The third-order valence-electron chi connectivity index (χ3n) is 3.79. The molecule has 1 atom stereocenters. The van der Waals surface area contributed by atoms with Crippen LogP contribution < -0.4 is 10.2 Å². The molecule has 2 aromatic rings. The highest BCUT2D eigenvalue weighted by molar-refractivity contribution is 5.38. The van der Waals surface area contributed by atoms with Crippen LogP contribution in [0, 0.1) is 6.92 Å². The van der Waals surface area contributed by atoms with Crippen LogP contribution in [-0.4, -0.2) is 40.1 Å². The van der Waals surface area contributed by atoms with Gasteiger partial charge in [0.2, 0.25) is 0 Å². The largest absolute Gasteiger partial charge is 0.373 e. The Balaban J connectivity index is 1.81. The minimum atomic E-state index is 0.341. The highest BCUT2D eigenvalue weighted by Crippen LogP contribution is 2.27. The molecule has 1 fully saturated rings. The molecule has 0 saturated carbocycles. The molecule has 0 spiro atoms. The summed E-state index contributed by atoms with van der Waals surface area (Å²) >= 11 is 0. The van der Waals surface area contributed by atoms with Crippen molar-refractivity contribution < 1.29 is 0 Å². The minimum absolute atomic E-state index is 0.341. The lowest BCUT2D eigenvalue weighted by molar-refractivity contribution is 0.488. The Morgan fingerprint density at radius 1 is 1.29 bits per heavy atom. The monoisotopic (exact) mass is 284 g/mol. The Morgan fingerprint density at radius 2 is 2.19 bits per heavy atom. The Morgan fingerprint density at radius 3 is 2.95 bits per heavy atom. The highest BCUT2D eigenvalue weighted by atomic mass is 15.2.